The molecule has 1 saturated heterocycles. The van der Waals surface area contributed by atoms with Crippen LogP contribution in [0.4, 0.5) is 13.2 Å². The van der Waals surface area contributed by atoms with Crippen LogP contribution in [0.15, 0.2) is 18.2 Å². The zero-order valence-electron chi connectivity index (χ0n) is 10.5. The summed E-state index contributed by atoms with van der Waals surface area (Å²) in [5.74, 6) is -0.324. The van der Waals surface area contributed by atoms with E-state index in [4.69, 9.17) is 4.74 Å². The zero-order chi connectivity index (χ0) is 13.5. The monoisotopic (exact) mass is 271 g/mol. The molecule has 0 radical (unpaired) electrons. The molecule has 2 nitrogen and oxygen atoms in total. The molecule has 0 bridgehead atoms. The summed E-state index contributed by atoms with van der Waals surface area (Å²) in [6.07, 6.45) is -2.93. The minimum Gasteiger partial charge on any atom is -0.493 e. The van der Waals surface area contributed by atoms with Crippen LogP contribution in [0.1, 0.15) is 30.0 Å². The molecule has 1 fully saturated rings. The molecule has 1 aromatic rings. The first-order chi connectivity index (χ1) is 9.04. The Morgan fingerprint density at radius 2 is 2.11 bits per heavy atom. The summed E-state index contributed by atoms with van der Waals surface area (Å²) >= 11 is 0. The van der Waals surface area contributed by atoms with Gasteiger partial charge in [-0.3, -0.25) is 0 Å². The van der Waals surface area contributed by atoms with Crippen molar-refractivity contribution in [1.29, 1.82) is 0 Å². The normalized spacial score (nSPS) is 26.9. The van der Waals surface area contributed by atoms with E-state index in [0.717, 1.165) is 23.3 Å². The number of halogens is 3. The second-order valence-corrected chi connectivity index (χ2v) is 5.24. The highest BCUT2D eigenvalue weighted by atomic mass is 19.4. The summed E-state index contributed by atoms with van der Waals surface area (Å²) in [7, 11) is 0. The van der Waals surface area contributed by atoms with Crippen LogP contribution in [0.25, 0.3) is 0 Å². The topological polar surface area (TPSA) is 21.3 Å². The first-order valence-electron chi connectivity index (χ1n) is 6.60. The number of piperidine rings is 1. The van der Waals surface area contributed by atoms with Gasteiger partial charge in [0.2, 0.25) is 0 Å². The fraction of sp³-hybridized carbons (Fsp3) is 0.571. The Bertz CT molecular complexity index is 472. The summed E-state index contributed by atoms with van der Waals surface area (Å²) in [4.78, 5) is 0. The van der Waals surface area contributed by atoms with E-state index in [1.807, 2.05) is 18.2 Å². The number of ether oxygens (including phenoxy) is 1. The van der Waals surface area contributed by atoms with Crippen molar-refractivity contribution in [2.45, 2.75) is 31.5 Å². The Morgan fingerprint density at radius 1 is 1.26 bits per heavy atom. The van der Waals surface area contributed by atoms with Crippen molar-refractivity contribution in [3.63, 3.8) is 0 Å². The molecular weight excluding hydrogens is 255 g/mol. The molecule has 3 rings (SSSR count). The minimum atomic E-state index is -4.08. The molecule has 0 spiro atoms. The predicted octanol–water partition coefficient (Wildman–Crippen LogP) is 3.22. The lowest BCUT2D eigenvalue weighted by Crippen LogP contribution is -2.38. The van der Waals surface area contributed by atoms with Crippen LogP contribution >= 0.6 is 0 Å². The Balaban J connectivity index is 1.78. The van der Waals surface area contributed by atoms with E-state index in [2.05, 4.69) is 5.32 Å². The zero-order valence-corrected chi connectivity index (χ0v) is 10.5. The molecule has 2 aliphatic rings. The molecule has 5 heteroatoms. The standard InChI is InChI=1S/C14H16F3NO/c15-14(16,17)11-3-5-18-12(8-11)9-1-2-13-10(7-9)4-6-19-13/h1-2,7,11-12,18H,3-6,8H2. The maximum Gasteiger partial charge on any atom is 0.391 e. The second-order valence-electron chi connectivity index (χ2n) is 5.24. The van der Waals surface area contributed by atoms with E-state index in [0.29, 0.717) is 13.2 Å². The van der Waals surface area contributed by atoms with Gasteiger partial charge in [0.05, 0.1) is 12.5 Å². The van der Waals surface area contributed by atoms with Crippen molar-refractivity contribution in [2.75, 3.05) is 13.2 Å². The summed E-state index contributed by atoms with van der Waals surface area (Å²) in [6.45, 7) is 1.09. The third kappa shape index (κ3) is 2.56. The lowest BCUT2D eigenvalue weighted by Gasteiger charge is -2.32. The SMILES string of the molecule is FC(F)(F)C1CCNC(c2ccc3c(c2)CCO3)C1. The van der Waals surface area contributed by atoms with Gasteiger partial charge in [0.15, 0.2) is 0 Å². The van der Waals surface area contributed by atoms with Gasteiger partial charge in [-0.1, -0.05) is 12.1 Å². The number of rotatable bonds is 1. The molecule has 1 N–H and O–H groups in total. The summed E-state index contributed by atoms with van der Waals surface area (Å²) in [5.41, 5.74) is 2.05. The second kappa shape index (κ2) is 4.71. The van der Waals surface area contributed by atoms with E-state index in [1.165, 1.54) is 0 Å². The highest BCUT2D eigenvalue weighted by molar-refractivity contribution is 5.40. The number of hydrogen-bond acceptors (Lipinski definition) is 2. The average molecular weight is 271 g/mol. The molecule has 2 unspecified atom stereocenters. The van der Waals surface area contributed by atoms with Crippen molar-refractivity contribution in [3.8, 4) is 5.75 Å². The van der Waals surface area contributed by atoms with E-state index in [9.17, 15) is 13.2 Å². The van der Waals surface area contributed by atoms with Crippen LogP contribution in [-0.4, -0.2) is 19.3 Å². The average Bonchev–Trinajstić information content (AvgIpc) is 2.85. The fourth-order valence-corrected chi connectivity index (χ4v) is 2.89. The lowest BCUT2D eigenvalue weighted by atomic mass is 9.87. The van der Waals surface area contributed by atoms with E-state index in [-0.39, 0.29) is 18.9 Å². The van der Waals surface area contributed by atoms with Gasteiger partial charge in [-0.05, 0) is 36.6 Å². The Labute approximate surface area is 109 Å². The molecule has 2 heterocycles. The van der Waals surface area contributed by atoms with Crippen molar-refractivity contribution in [3.05, 3.63) is 29.3 Å². The number of fused-ring (bicyclic) bond motifs is 1. The van der Waals surface area contributed by atoms with Gasteiger partial charge >= 0.3 is 6.18 Å². The molecular formula is C14H16F3NO. The van der Waals surface area contributed by atoms with Crippen LogP contribution in [0.2, 0.25) is 0 Å². The van der Waals surface area contributed by atoms with Gasteiger partial charge < -0.3 is 10.1 Å². The van der Waals surface area contributed by atoms with Gasteiger partial charge in [0, 0.05) is 12.5 Å². The Hall–Kier alpha value is -1.23. The third-order valence-corrected chi connectivity index (χ3v) is 3.98. The molecule has 0 aliphatic carbocycles. The highest BCUT2D eigenvalue weighted by Gasteiger charge is 2.42. The van der Waals surface area contributed by atoms with Gasteiger partial charge in [-0.25, -0.2) is 0 Å². The van der Waals surface area contributed by atoms with Gasteiger partial charge in [0.25, 0.3) is 0 Å². The van der Waals surface area contributed by atoms with Crippen molar-refractivity contribution < 1.29 is 17.9 Å². The maximum absolute atomic E-state index is 12.8. The van der Waals surface area contributed by atoms with Crippen LogP contribution in [0, 0.1) is 5.92 Å². The van der Waals surface area contributed by atoms with Crippen LogP contribution in [0.5, 0.6) is 5.75 Å². The molecule has 19 heavy (non-hydrogen) atoms. The predicted molar refractivity (Wildman–Crippen MR) is 65.2 cm³/mol. The molecule has 1 aromatic carbocycles. The van der Waals surface area contributed by atoms with Crippen molar-refractivity contribution >= 4 is 0 Å². The van der Waals surface area contributed by atoms with E-state index >= 15 is 0 Å². The first kappa shape index (κ1) is 12.8. The van der Waals surface area contributed by atoms with E-state index < -0.39 is 12.1 Å². The molecule has 0 amide bonds. The molecule has 2 atom stereocenters. The Morgan fingerprint density at radius 3 is 2.89 bits per heavy atom. The molecule has 2 aliphatic heterocycles. The molecule has 0 saturated carbocycles. The minimum absolute atomic E-state index is 0.128. The maximum atomic E-state index is 12.8. The highest BCUT2D eigenvalue weighted by Crippen LogP contribution is 2.39. The van der Waals surface area contributed by atoms with E-state index in [1.54, 1.807) is 0 Å². The van der Waals surface area contributed by atoms with Gasteiger partial charge in [-0.15, -0.1) is 0 Å². The lowest BCUT2D eigenvalue weighted by molar-refractivity contribution is -0.183. The molecule has 104 valence electrons. The van der Waals surface area contributed by atoms with Crippen molar-refractivity contribution in [2.24, 2.45) is 5.92 Å². The van der Waals surface area contributed by atoms with Gasteiger partial charge in [0.1, 0.15) is 5.75 Å². The fourth-order valence-electron chi connectivity index (χ4n) is 2.89. The third-order valence-electron chi connectivity index (χ3n) is 3.98. The van der Waals surface area contributed by atoms with Crippen LogP contribution in [-0.2, 0) is 6.42 Å². The smallest absolute Gasteiger partial charge is 0.391 e. The van der Waals surface area contributed by atoms with Gasteiger partial charge in [-0.2, -0.15) is 13.2 Å². The summed E-state index contributed by atoms with van der Waals surface area (Å²) in [6, 6.07) is 5.53. The molecule has 0 aromatic heterocycles. The Kier molecular flexibility index (Phi) is 3.17. The van der Waals surface area contributed by atoms with Crippen LogP contribution in [0.3, 0.4) is 0 Å². The number of benzene rings is 1. The summed E-state index contributed by atoms with van der Waals surface area (Å²) < 4.78 is 43.8. The number of hydrogen-bond donors (Lipinski definition) is 1. The van der Waals surface area contributed by atoms with Crippen molar-refractivity contribution in [1.82, 2.24) is 5.32 Å². The number of nitrogens with one attached hydrogen (secondary N) is 1. The largest absolute Gasteiger partial charge is 0.493 e. The van der Waals surface area contributed by atoms with Crippen LogP contribution < -0.4 is 10.1 Å². The first-order valence-corrected chi connectivity index (χ1v) is 6.60. The summed E-state index contributed by atoms with van der Waals surface area (Å²) in [5, 5.41) is 3.19. The number of alkyl halides is 3. The quantitative estimate of drug-likeness (QED) is 0.846.